The molecular formula is C26H27O4PS. The number of rotatable bonds is 6. The van der Waals surface area contributed by atoms with Crippen molar-refractivity contribution in [2.45, 2.75) is 37.4 Å². The molecule has 4 rings (SSSR count). The largest absolute Gasteiger partial charge is 0.470 e. The number of aryl methyl sites for hydroxylation is 1. The summed E-state index contributed by atoms with van der Waals surface area (Å²) in [7, 11) is -5.39. The zero-order valence-electron chi connectivity index (χ0n) is 18.5. The van der Waals surface area contributed by atoms with Gasteiger partial charge in [0.25, 0.3) is 10.1 Å². The van der Waals surface area contributed by atoms with Gasteiger partial charge in [-0.15, -0.1) is 0 Å². The quantitative estimate of drug-likeness (QED) is 0.229. The molecule has 0 aromatic heterocycles. The summed E-state index contributed by atoms with van der Waals surface area (Å²) in [4.78, 5) is 0.150. The topological polar surface area (TPSA) is 52.6 Å². The highest BCUT2D eigenvalue weighted by Gasteiger charge is 2.50. The molecule has 3 aromatic carbocycles. The van der Waals surface area contributed by atoms with Crippen LogP contribution in [0.2, 0.25) is 0 Å². The van der Waals surface area contributed by atoms with Crippen LogP contribution in [0.1, 0.15) is 31.4 Å². The van der Waals surface area contributed by atoms with Crippen LogP contribution in [-0.4, -0.2) is 14.6 Å². The summed E-state index contributed by atoms with van der Waals surface area (Å²) in [6.45, 7) is 6.06. The van der Waals surface area contributed by atoms with Crippen LogP contribution in [0.3, 0.4) is 0 Å². The van der Waals surface area contributed by atoms with E-state index in [0.717, 1.165) is 16.7 Å². The second-order valence-electron chi connectivity index (χ2n) is 8.18. The molecule has 0 radical (unpaired) electrons. The van der Waals surface area contributed by atoms with Gasteiger partial charge >= 0.3 is 0 Å². The Labute approximate surface area is 191 Å². The van der Waals surface area contributed by atoms with E-state index in [0.29, 0.717) is 18.3 Å². The smallest absolute Gasteiger partial charge is 0.298 e. The third-order valence-electron chi connectivity index (χ3n) is 5.76. The van der Waals surface area contributed by atoms with Gasteiger partial charge in [-0.2, -0.15) is 8.42 Å². The first-order valence-electron chi connectivity index (χ1n) is 10.5. The van der Waals surface area contributed by atoms with E-state index in [4.69, 9.17) is 8.71 Å². The fourth-order valence-corrected chi connectivity index (χ4v) is 7.90. The van der Waals surface area contributed by atoms with Crippen LogP contribution < -0.4 is 4.52 Å². The molecule has 0 saturated carbocycles. The van der Waals surface area contributed by atoms with Crippen LogP contribution >= 0.6 is 8.15 Å². The number of para-hydroxylation sites is 1. The molecule has 2 atom stereocenters. The summed E-state index contributed by atoms with van der Waals surface area (Å²) in [6, 6.07) is 25.9. The molecule has 1 heterocycles. The Morgan fingerprint density at radius 3 is 2.00 bits per heavy atom. The third-order valence-corrected chi connectivity index (χ3v) is 9.74. The second kappa shape index (κ2) is 9.19. The van der Waals surface area contributed by atoms with Gasteiger partial charge in [0.2, 0.25) is 0 Å². The summed E-state index contributed by atoms with van der Waals surface area (Å²) in [5.74, 6) is 0.711. The van der Waals surface area contributed by atoms with Gasteiger partial charge in [-0.05, 0) is 50.6 Å². The molecule has 0 fully saturated rings. The maximum absolute atomic E-state index is 13.5. The number of hydrogen-bond acceptors (Lipinski definition) is 4. The fraction of sp³-hybridized carbons (Fsp3) is 0.231. The molecular weight excluding hydrogens is 439 g/mol. The van der Waals surface area contributed by atoms with Crippen LogP contribution in [0.5, 0.6) is 5.75 Å². The van der Waals surface area contributed by atoms with Gasteiger partial charge in [0, 0.05) is 12.6 Å². The van der Waals surface area contributed by atoms with E-state index in [1.165, 1.54) is 5.57 Å². The molecule has 2 unspecified atom stereocenters. The molecule has 0 spiro atoms. The average Bonchev–Trinajstić information content (AvgIpc) is 2.78. The summed E-state index contributed by atoms with van der Waals surface area (Å²) in [6.07, 6.45) is 1.08. The monoisotopic (exact) mass is 466 g/mol. The summed E-state index contributed by atoms with van der Waals surface area (Å²) in [5.41, 5.74) is 4.14. The summed E-state index contributed by atoms with van der Waals surface area (Å²) < 4.78 is 39.7. The van der Waals surface area contributed by atoms with E-state index in [1.54, 1.807) is 24.3 Å². The predicted octanol–water partition coefficient (Wildman–Crippen LogP) is 6.77. The molecule has 0 N–H and O–H groups in total. The van der Waals surface area contributed by atoms with Gasteiger partial charge in [0.1, 0.15) is 13.9 Å². The van der Waals surface area contributed by atoms with Crippen LogP contribution in [0, 0.1) is 6.92 Å². The highest BCUT2D eigenvalue weighted by molar-refractivity contribution is 7.87. The maximum Gasteiger partial charge on any atom is 0.298 e. The summed E-state index contributed by atoms with van der Waals surface area (Å²) in [5, 5.41) is -1.13. The highest BCUT2D eigenvalue weighted by Crippen LogP contribution is 2.64. The van der Waals surface area contributed by atoms with Crippen molar-refractivity contribution in [1.82, 2.24) is 0 Å². The van der Waals surface area contributed by atoms with E-state index in [9.17, 15) is 8.42 Å². The lowest BCUT2D eigenvalue weighted by Crippen LogP contribution is -2.36. The second-order valence-corrected chi connectivity index (χ2v) is 11.7. The first-order valence-corrected chi connectivity index (χ1v) is 13.4. The normalized spacial score (nSPS) is 21.4. The Morgan fingerprint density at radius 2 is 1.38 bits per heavy atom. The Balaban J connectivity index is 1.84. The van der Waals surface area contributed by atoms with Crippen molar-refractivity contribution >= 4 is 18.3 Å². The molecule has 1 aliphatic rings. The van der Waals surface area contributed by atoms with Crippen molar-refractivity contribution in [1.29, 1.82) is 0 Å². The van der Waals surface area contributed by atoms with Crippen molar-refractivity contribution in [2.24, 2.45) is 0 Å². The molecule has 166 valence electrons. The van der Waals surface area contributed by atoms with Crippen molar-refractivity contribution in [2.75, 3.05) is 6.16 Å². The Kier molecular flexibility index (Phi) is 6.52. The molecule has 4 nitrogen and oxygen atoms in total. The van der Waals surface area contributed by atoms with Gasteiger partial charge in [0.05, 0.1) is 4.90 Å². The minimum Gasteiger partial charge on any atom is -0.470 e. The first-order chi connectivity index (χ1) is 15.3. The fourth-order valence-electron chi connectivity index (χ4n) is 3.79. The average molecular weight is 467 g/mol. The molecule has 6 heteroatoms. The van der Waals surface area contributed by atoms with E-state index in [-0.39, 0.29) is 4.90 Å². The van der Waals surface area contributed by atoms with Crippen LogP contribution in [-0.2, 0) is 19.6 Å². The minimum absolute atomic E-state index is 0.150. The maximum atomic E-state index is 13.5. The van der Waals surface area contributed by atoms with E-state index in [2.05, 4.69) is 6.92 Å². The zero-order valence-corrected chi connectivity index (χ0v) is 20.2. The molecule has 0 saturated heterocycles. The zero-order chi connectivity index (χ0) is 22.8. The highest BCUT2D eigenvalue weighted by atomic mass is 32.2. The van der Waals surface area contributed by atoms with Gasteiger partial charge in [0.15, 0.2) is 5.34 Å². The Morgan fingerprint density at radius 1 is 0.781 bits per heavy atom. The van der Waals surface area contributed by atoms with Gasteiger partial charge in [-0.25, -0.2) is 4.18 Å². The molecule has 3 aromatic rings. The van der Waals surface area contributed by atoms with Crippen molar-refractivity contribution in [3.8, 4) is 5.75 Å². The Bertz CT molecular complexity index is 1210. The lowest BCUT2D eigenvalue weighted by Gasteiger charge is -2.43. The van der Waals surface area contributed by atoms with Gasteiger partial charge in [-0.1, -0.05) is 77.4 Å². The Hall–Kier alpha value is -2.46. The summed E-state index contributed by atoms with van der Waals surface area (Å²) >= 11 is 0. The minimum atomic E-state index is -4.04. The van der Waals surface area contributed by atoms with E-state index < -0.39 is 23.6 Å². The number of benzene rings is 3. The van der Waals surface area contributed by atoms with E-state index in [1.807, 2.05) is 74.5 Å². The molecule has 1 aliphatic heterocycles. The molecule has 0 bridgehead atoms. The van der Waals surface area contributed by atoms with E-state index >= 15 is 0 Å². The van der Waals surface area contributed by atoms with Crippen molar-refractivity contribution in [3.63, 3.8) is 0 Å². The van der Waals surface area contributed by atoms with Crippen LogP contribution in [0.4, 0.5) is 0 Å². The van der Waals surface area contributed by atoms with Gasteiger partial charge in [-0.3, -0.25) is 0 Å². The van der Waals surface area contributed by atoms with Crippen LogP contribution in [0.25, 0.3) is 0 Å². The molecule has 0 aliphatic carbocycles. The molecule has 0 amide bonds. The lowest BCUT2D eigenvalue weighted by molar-refractivity contribution is 0.156. The number of allylic oxidation sites excluding steroid dienone is 1. The predicted molar refractivity (Wildman–Crippen MR) is 129 cm³/mol. The standard InChI is InChI=1S/C26H27O4PS/c1-20-14-16-25(17-15-20)32(27,28)30-26(23-10-6-4-7-11-23)18-21(2)22(3)19-31(26)29-24-12-8-5-9-13-24/h4-17H,18-19H2,1-3H3. The van der Waals surface area contributed by atoms with Gasteiger partial charge < -0.3 is 4.52 Å². The molecule has 32 heavy (non-hydrogen) atoms. The lowest BCUT2D eigenvalue weighted by atomic mass is 9.98. The van der Waals surface area contributed by atoms with Crippen molar-refractivity contribution in [3.05, 3.63) is 107 Å². The SMILES string of the molecule is CC1=C(C)CC(OS(=O)(=O)c2ccc(C)cc2)(c2ccccc2)P(Oc2ccccc2)C1. The van der Waals surface area contributed by atoms with Crippen LogP contribution in [0.15, 0.2) is 101 Å². The first kappa shape index (κ1) is 22.7. The number of hydrogen-bond donors (Lipinski definition) is 0. The van der Waals surface area contributed by atoms with Crippen molar-refractivity contribution < 1.29 is 17.1 Å². The third kappa shape index (κ3) is 4.66.